The standard InChI is InChI=1S/C16H30N2/c1-3-16(4-2)18-12-10-17(11-13-18)14-15-8-6-5-7-9-15/h5-6,15-16H,3-4,7-14H2,1-2H3/t15-/m0/s1. The van der Waals surface area contributed by atoms with E-state index in [2.05, 4.69) is 35.8 Å². The van der Waals surface area contributed by atoms with Gasteiger partial charge < -0.3 is 4.90 Å². The lowest BCUT2D eigenvalue weighted by Crippen LogP contribution is -2.51. The number of allylic oxidation sites excluding steroid dienone is 2. The van der Waals surface area contributed by atoms with Gasteiger partial charge in [0.1, 0.15) is 0 Å². The second-order valence-corrected chi connectivity index (χ2v) is 5.96. The van der Waals surface area contributed by atoms with Gasteiger partial charge in [0, 0.05) is 38.8 Å². The molecule has 1 heterocycles. The molecule has 1 atom stereocenters. The second kappa shape index (κ2) is 7.30. The third-order valence-corrected chi connectivity index (χ3v) is 4.76. The molecule has 2 aliphatic rings. The Kier molecular flexibility index (Phi) is 5.71. The Hall–Kier alpha value is -0.340. The summed E-state index contributed by atoms with van der Waals surface area (Å²) in [5.74, 6) is 0.926. The molecule has 1 aliphatic heterocycles. The van der Waals surface area contributed by atoms with E-state index in [9.17, 15) is 0 Å². The summed E-state index contributed by atoms with van der Waals surface area (Å²) in [4.78, 5) is 5.40. The molecule has 0 bridgehead atoms. The lowest BCUT2D eigenvalue weighted by molar-refractivity contribution is 0.0814. The smallest absolute Gasteiger partial charge is 0.0113 e. The van der Waals surface area contributed by atoms with Crippen LogP contribution in [0.4, 0.5) is 0 Å². The first-order valence-electron chi connectivity index (χ1n) is 7.94. The molecule has 1 aliphatic carbocycles. The number of piperazine rings is 1. The summed E-state index contributed by atoms with van der Waals surface area (Å²) in [5, 5.41) is 0. The average Bonchev–Trinajstić information content (AvgIpc) is 2.43. The molecule has 0 unspecified atom stereocenters. The van der Waals surface area contributed by atoms with Gasteiger partial charge in [0.05, 0.1) is 0 Å². The Labute approximate surface area is 113 Å². The van der Waals surface area contributed by atoms with Crippen LogP contribution in [-0.4, -0.2) is 48.6 Å². The first-order valence-corrected chi connectivity index (χ1v) is 7.94. The molecule has 0 spiro atoms. The summed E-state index contributed by atoms with van der Waals surface area (Å²) in [6.45, 7) is 11.1. The topological polar surface area (TPSA) is 6.48 Å². The summed E-state index contributed by atoms with van der Waals surface area (Å²) in [6, 6.07) is 0.824. The molecule has 0 saturated carbocycles. The first-order chi connectivity index (χ1) is 8.83. The van der Waals surface area contributed by atoms with Crippen molar-refractivity contribution in [3.63, 3.8) is 0 Å². The van der Waals surface area contributed by atoms with Crippen LogP contribution in [0.15, 0.2) is 12.2 Å². The van der Waals surface area contributed by atoms with Crippen LogP contribution in [0.3, 0.4) is 0 Å². The molecule has 0 N–H and O–H groups in total. The first kappa shape index (κ1) is 14.1. The fraction of sp³-hybridized carbons (Fsp3) is 0.875. The van der Waals surface area contributed by atoms with Gasteiger partial charge in [-0.15, -0.1) is 0 Å². The number of nitrogens with zero attached hydrogens (tertiary/aromatic N) is 2. The van der Waals surface area contributed by atoms with Gasteiger partial charge in [-0.05, 0) is 38.0 Å². The minimum absolute atomic E-state index is 0.824. The molecule has 1 saturated heterocycles. The van der Waals surface area contributed by atoms with Crippen molar-refractivity contribution < 1.29 is 0 Å². The number of hydrogen-bond donors (Lipinski definition) is 0. The lowest BCUT2D eigenvalue weighted by atomic mass is 9.93. The lowest BCUT2D eigenvalue weighted by Gasteiger charge is -2.40. The van der Waals surface area contributed by atoms with E-state index >= 15 is 0 Å². The zero-order valence-electron chi connectivity index (χ0n) is 12.3. The Morgan fingerprint density at radius 2 is 1.78 bits per heavy atom. The third-order valence-electron chi connectivity index (χ3n) is 4.76. The molecule has 1 fully saturated rings. The Morgan fingerprint density at radius 3 is 2.33 bits per heavy atom. The molecule has 0 aromatic carbocycles. The molecular formula is C16H30N2. The van der Waals surface area contributed by atoms with Gasteiger partial charge in [-0.3, -0.25) is 4.90 Å². The highest BCUT2D eigenvalue weighted by molar-refractivity contribution is 4.91. The fourth-order valence-electron chi connectivity index (χ4n) is 3.50. The summed E-state index contributed by atoms with van der Waals surface area (Å²) < 4.78 is 0. The van der Waals surface area contributed by atoms with Gasteiger partial charge in [0.25, 0.3) is 0 Å². The van der Waals surface area contributed by atoms with Gasteiger partial charge in [-0.2, -0.15) is 0 Å². The van der Waals surface area contributed by atoms with Gasteiger partial charge in [-0.1, -0.05) is 26.0 Å². The van der Waals surface area contributed by atoms with Crippen LogP contribution < -0.4 is 0 Å². The number of rotatable bonds is 5. The monoisotopic (exact) mass is 250 g/mol. The molecule has 2 nitrogen and oxygen atoms in total. The average molecular weight is 250 g/mol. The fourth-order valence-corrected chi connectivity index (χ4v) is 3.50. The molecule has 104 valence electrons. The third kappa shape index (κ3) is 3.83. The van der Waals surface area contributed by atoms with Gasteiger partial charge in [0.2, 0.25) is 0 Å². The number of hydrogen-bond acceptors (Lipinski definition) is 2. The predicted octanol–water partition coefficient (Wildman–Crippen LogP) is 3.15. The van der Waals surface area contributed by atoms with E-state index in [0.717, 1.165) is 12.0 Å². The zero-order chi connectivity index (χ0) is 12.8. The van der Waals surface area contributed by atoms with Crippen LogP contribution in [0, 0.1) is 5.92 Å². The molecule has 0 aromatic heterocycles. The molecular weight excluding hydrogens is 220 g/mol. The van der Waals surface area contributed by atoms with Crippen LogP contribution >= 0.6 is 0 Å². The summed E-state index contributed by atoms with van der Waals surface area (Å²) in [7, 11) is 0. The van der Waals surface area contributed by atoms with E-state index in [1.807, 2.05) is 0 Å². The molecule has 0 aromatic rings. The normalized spacial score (nSPS) is 26.9. The molecule has 0 radical (unpaired) electrons. The van der Waals surface area contributed by atoms with Crippen LogP contribution in [0.2, 0.25) is 0 Å². The van der Waals surface area contributed by atoms with E-state index in [1.165, 1.54) is 64.8 Å². The van der Waals surface area contributed by atoms with Crippen molar-refractivity contribution in [3.05, 3.63) is 12.2 Å². The van der Waals surface area contributed by atoms with Crippen LogP contribution in [0.1, 0.15) is 46.0 Å². The predicted molar refractivity (Wildman–Crippen MR) is 78.9 cm³/mol. The van der Waals surface area contributed by atoms with Gasteiger partial charge in [0.15, 0.2) is 0 Å². The van der Waals surface area contributed by atoms with E-state index in [0.29, 0.717) is 0 Å². The van der Waals surface area contributed by atoms with E-state index in [-0.39, 0.29) is 0 Å². The highest BCUT2D eigenvalue weighted by Gasteiger charge is 2.23. The highest BCUT2D eigenvalue weighted by Crippen LogP contribution is 2.20. The minimum atomic E-state index is 0.824. The zero-order valence-corrected chi connectivity index (χ0v) is 12.3. The Morgan fingerprint density at radius 1 is 1.06 bits per heavy atom. The Balaban J connectivity index is 1.71. The maximum atomic E-state index is 2.71. The molecule has 0 amide bonds. The minimum Gasteiger partial charge on any atom is -0.301 e. The van der Waals surface area contributed by atoms with E-state index in [4.69, 9.17) is 0 Å². The Bertz CT molecular complexity index is 250. The van der Waals surface area contributed by atoms with Crippen molar-refractivity contribution in [2.24, 2.45) is 5.92 Å². The van der Waals surface area contributed by atoms with Crippen molar-refractivity contribution >= 4 is 0 Å². The molecule has 2 heteroatoms. The van der Waals surface area contributed by atoms with Crippen LogP contribution in [0.25, 0.3) is 0 Å². The largest absolute Gasteiger partial charge is 0.301 e. The second-order valence-electron chi connectivity index (χ2n) is 5.96. The maximum absolute atomic E-state index is 2.71. The summed E-state index contributed by atoms with van der Waals surface area (Å²) >= 11 is 0. The van der Waals surface area contributed by atoms with Gasteiger partial charge in [-0.25, -0.2) is 0 Å². The van der Waals surface area contributed by atoms with Crippen molar-refractivity contribution in [2.75, 3.05) is 32.7 Å². The quantitative estimate of drug-likeness (QED) is 0.692. The summed E-state index contributed by atoms with van der Waals surface area (Å²) in [6.07, 6.45) is 11.4. The van der Waals surface area contributed by atoms with Crippen molar-refractivity contribution in [1.29, 1.82) is 0 Å². The van der Waals surface area contributed by atoms with E-state index in [1.54, 1.807) is 0 Å². The van der Waals surface area contributed by atoms with Crippen LogP contribution in [-0.2, 0) is 0 Å². The van der Waals surface area contributed by atoms with Crippen molar-refractivity contribution in [2.45, 2.75) is 52.0 Å². The molecule has 18 heavy (non-hydrogen) atoms. The van der Waals surface area contributed by atoms with E-state index < -0.39 is 0 Å². The maximum Gasteiger partial charge on any atom is 0.0113 e. The highest BCUT2D eigenvalue weighted by atomic mass is 15.3. The van der Waals surface area contributed by atoms with Crippen molar-refractivity contribution in [1.82, 2.24) is 9.80 Å². The van der Waals surface area contributed by atoms with Gasteiger partial charge >= 0.3 is 0 Å². The SMILES string of the molecule is CCC(CC)N1CCN(C[C@H]2CC=CCC2)CC1. The van der Waals surface area contributed by atoms with Crippen LogP contribution in [0.5, 0.6) is 0 Å². The van der Waals surface area contributed by atoms with Crippen molar-refractivity contribution in [3.8, 4) is 0 Å². The summed E-state index contributed by atoms with van der Waals surface area (Å²) in [5.41, 5.74) is 0. The molecule has 2 rings (SSSR count).